The molecule has 2 fully saturated rings. The highest BCUT2D eigenvalue weighted by atomic mass is 35.5. The van der Waals surface area contributed by atoms with Gasteiger partial charge in [0.25, 0.3) is 6.43 Å². The lowest BCUT2D eigenvalue weighted by molar-refractivity contribution is 0.137. The molecule has 0 radical (unpaired) electrons. The van der Waals surface area contributed by atoms with Crippen molar-refractivity contribution in [1.82, 2.24) is 24.6 Å². The summed E-state index contributed by atoms with van der Waals surface area (Å²) in [5, 5.41) is 18.9. The Kier molecular flexibility index (Phi) is 5.54. The van der Waals surface area contributed by atoms with Gasteiger partial charge in [-0.2, -0.15) is 5.26 Å². The number of pyridine rings is 1. The summed E-state index contributed by atoms with van der Waals surface area (Å²) in [5.74, 6) is -1.21. The van der Waals surface area contributed by atoms with Crippen LogP contribution in [0.2, 0.25) is 5.02 Å². The summed E-state index contributed by atoms with van der Waals surface area (Å²) in [6, 6.07) is 8.01. The number of alkyl halides is 2. The Balaban J connectivity index is 1.23. The van der Waals surface area contributed by atoms with Crippen LogP contribution >= 0.6 is 11.6 Å². The van der Waals surface area contributed by atoms with Gasteiger partial charge in [-0.15, -0.1) is 10.2 Å². The maximum Gasteiger partial charge on any atom is 0.283 e. The first-order valence-corrected chi connectivity index (χ1v) is 12.1. The summed E-state index contributed by atoms with van der Waals surface area (Å²) in [5.41, 5.74) is 0.610. The number of halogens is 5. The standard InChI is InChI=1S/C24H21ClF4N8/c1-13(6-30)34-7-14-4-15(25)2-3-18(14)37-19(8-34)32-33-23(37)36-11-24(12-36)9-35(10-24)22-17(27)5-16(26)20(31-22)21(28)29/h2-5,13,21H,7-12H2,1H3. The third-order valence-corrected chi connectivity index (χ3v) is 7.52. The van der Waals surface area contributed by atoms with Crippen molar-refractivity contribution in [3.8, 4) is 11.8 Å². The predicted molar refractivity (Wildman–Crippen MR) is 127 cm³/mol. The van der Waals surface area contributed by atoms with Gasteiger partial charge in [0.1, 0.15) is 5.69 Å². The molecule has 37 heavy (non-hydrogen) atoms. The average molecular weight is 533 g/mol. The number of nitrogens with zero attached hydrogens (tertiary/aromatic N) is 8. The molecule has 1 spiro atoms. The second-order valence-electron chi connectivity index (χ2n) is 9.91. The van der Waals surface area contributed by atoms with Crippen LogP contribution < -0.4 is 9.80 Å². The Morgan fingerprint density at radius 2 is 1.76 bits per heavy atom. The zero-order valence-electron chi connectivity index (χ0n) is 19.7. The molecule has 1 aromatic carbocycles. The van der Waals surface area contributed by atoms with Crippen molar-refractivity contribution >= 4 is 23.4 Å². The number of rotatable bonds is 4. The summed E-state index contributed by atoms with van der Waals surface area (Å²) < 4.78 is 56.0. The normalized spacial score (nSPS) is 19.1. The van der Waals surface area contributed by atoms with E-state index >= 15 is 0 Å². The second kappa shape index (κ2) is 8.56. The van der Waals surface area contributed by atoms with Gasteiger partial charge in [0.05, 0.1) is 24.3 Å². The van der Waals surface area contributed by atoms with Crippen molar-refractivity contribution < 1.29 is 17.6 Å². The zero-order chi connectivity index (χ0) is 26.1. The zero-order valence-corrected chi connectivity index (χ0v) is 20.4. The molecule has 2 aromatic heterocycles. The molecule has 3 aromatic rings. The van der Waals surface area contributed by atoms with E-state index in [0.29, 0.717) is 62.1 Å². The minimum absolute atomic E-state index is 0.186. The smallest absolute Gasteiger partial charge is 0.283 e. The Bertz CT molecular complexity index is 1420. The van der Waals surface area contributed by atoms with E-state index in [9.17, 15) is 22.8 Å². The first-order valence-electron chi connectivity index (χ1n) is 11.7. The number of hydrogen-bond donors (Lipinski definition) is 0. The molecule has 0 bridgehead atoms. The SMILES string of the molecule is CC(C#N)N1Cc2cc(Cl)ccc2-n2c(nnc2N2CC3(CN(c4nc(C(F)F)c(F)cc4F)C3)C2)C1. The minimum atomic E-state index is -3.12. The molecule has 5 heterocycles. The van der Waals surface area contributed by atoms with E-state index in [1.807, 2.05) is 28.5 Å². The van der Waals surface area contributed by atoms with E-state index in [0.717, 1.165) is 11.3 Å². The summed E-state index contributed by atoms with van der Waals surface area (Å²) in [6.45, 7) is 4.82. The third-order valence-electron chi connectivity index (χ3n) is 7.28. The monoisotopic (exact) mass is 532 g/mol. The molecule has 3 aliphatic heterocycles. The molecular weight excluding hydrogens is 512 g/mol. The van der Waals surface area contributed by atoms with Gasteiger partial charge in [-0.3, -0.25) is 9.47 Å². The number of fused-ring (bicyclic) bond motifs is 3. The third kappa shape index (κ3) is 3.88. The van der Waals surface area contributed by atoms with Crippen LogP contribution in [0.25, 0.3) is 5.69 Å². The maximum atomic E-state index is 14.3. The number of anilines is 2. The first-order chi connectivity index (χ1) is 17.7. The van der Waals surface area contributed by atoms with Crippen LogP contribution in [0.15, 0.2) is 24.3 Å². The molecule has 192 valence electrons. The molecule has 0 aliphatic carbocycles. The molecule has 13 heteroatoms. The molecular formula is C24H21ClF4N8. The van der Waals surface area contributed by atoms with E-state index in [1.54, 1.807) is 11.0 Å². The lowest BCUT2D eigenvalue weighted by Gasteiger charge is -2.60. The minimum Gasteiger partial charge on any atom is -0.353 e. The fourth-order valence-corrected chi connectivity index (χ4v) is 5.63. The highest BCUT2D eigenvalue weighted by molar-refractivity contribution is 6.30. The molecule has 6 rings (SSSR count). The van der Waals surface area contributed by atoms with Crippen LogP contribution in [0.4, 0.5) is 29.3 Å². The van der Waals surface area contributed by atoms with E-state index < -0.39 is 23.8 Å². The Hall–Kier alpha value is -3.43. The fourth-order valence-electron chi connectivity index (χ4n) is 5.44. The molecule has 3 aliphatic rings. The van der Waals surface area contributed by atoms with Gasteiger partial charge in [-0.1, -0.05) is 11.6 Å². The van der Waals surface area contributed by atoms with Crippen LogP contribution in [0.1, 0.15) is 30.4 Å². The number of benzene rings is 1. The highest BCUT2D eigenvalue weighted by Gasteiger charge is 2.54. The molecule has 0 amide bonds. The van der Waals surface area contributed by atoms with Gasteiger partial charge in [-0.05, 0) is 30.7 Å². The van der Waals surface area contributed by atoms with Gasteiger partial charge in [0, 0.05) is 49.2 Å². The summed E-state index contributed by atoms with van der Waals surface area (Å²) in [6.07, 6.45) is -3.12. The van der Waals surface area contributed by atoms with E-state index in [2.05, 4.69) is 26.2 Å². The van der Waals surface area contributed by atoms with Crippen molar-refractivity contribution in [3.05, 3.63) is 58.0 Å². The molecule has 0 N–H and O–H groups in total. The molecule has 2 saturated heterocycles. The summed E-state index contributed by atoms with van der Waals surface area (Å²) in [4.78, 5) is 9.19. The van der Waals surface area contributed by atoms with Crippen molar-refractivity contribution in [2.45, 2.75) is 32.5 Å². The van der Waals surface area contributed by atoms with Crippen molar-refractivity contribution in [1.29, 1.82) is 5.26 Å². The Morgan fingerprint density at radius 3 is 2.46 bits per heavy atom. The molecule has 1 atom stereocenters. The van der Waals surface area contributed by atoms with Gasteiger partial charge < -0.3 is 9.80 Å². The predicted octanol–water partition coefficient (Wildman–Crippen LogP) is 4.09. The number of aromatic nitrogens is 4. The quantitative estimate of drug-likeness (QED) is 0.468. The molecule has 1 unspecified atom stereocenters. The van der Waals surface area contributed by atoms with Gasteiger partial charge in [0.2, 0.25) is 5.95 Å². The van der Waals surface area contributed by atoms with Crippen molar-refractivity contribution in [2.24, 2.45) is 5.41 Å². The number of nitriles is 1. The van der Waals surface area contributed by atoms with Gasteiger partial charge in [0.15, 0.2) is 23.3 Å². The van der Waals surface area contributed by atoms with Crippen LogP contribution in [-0.2, 0) is 13.1 Å². The molecule has 0 saturated carbocycles. The van der Waals surface area contributed by atoms with Gasteiger partial charge >= 0.3 is 0 Å². The van der Waals surface area contributed by atoms with E-state index in [4.69, 9.17) is 11.6 Å². The summed E-state index contributed by atoms with van der Waals surface area (Å²) in [7, 11) is 0. The largest absolute Gasteiger partial charge is 0.353 e. The Labute approximate surface area is 214 Å². The van der Waals surface area contributed by atoms with Crippen LogP contribution in [0.3, 0.4) is 0 Å². The van der Waals surface area contributed by atoms with Gasteiger partial charge in [-0.25, -0.2) is 22.5 Å². The summed E-state index contributed by atoms with van der Waals surface area (Å²) >= 11 is 6.27. The highest BCUT2D eigenvalue weighted by Crippen LogP contribution is 2.45. The lowest BCUT2D eigenvalue weighted by Crippen LogP contribution is -2.73. The van der Waals surface area contributed by atoms with E-state index in [1.165, 1.54) is 0 Å². The van der Waals surface area contributed by atoms with E-state index in [-0.39, 0.29) is 17.3 Å². The molecule has 8 nitrogen and oxygen atoms in total. The fraction of sp³-hybridized carbons (Fsp3) is 0.417. The van der Waals surface area contributed by atoms with Crippen molar-refractivity contribution in [3.63, 3.8) is 0 Å². The first kappa shape index (κ1) is 23.9. The van der Waals surface area contributed by atoms with Crippen LogP contribution in [0.5, 0.6) is 0 Å². The number of hydrogen-bond acceptors (Lipinski definition) is 7. The Morgan fingerprint density at radius 1 is 1.03 bits per heavy atom. The average Bonchev–Trinajstić information content (AvgIpc) is 3.12. The maximum absolute atomic E-state index is 14.3. The second-order valence-corrected chi connectivity index (χ2v) is 10.3. The lowest BCUT2D eigenvalue weighted by atomic mass is 9.73. The van der Waals surface area contributed by atoms with Crippen LogP contribution in [0, 0.1) is 28.4 Å². The van der Waals surface area contributed by atoms with Crippen molar-refractivity contribution in [2.75, 3.05) is 36.0 Å². The van der Waals surface area contributed by atoms with Crippen LogP contribution in [-0.4, -0.2) is 56.9 Å². The topological polar surface area (TPSA) is 77.1 Å².